The van der Waals surface area contributed by atoms with Crippen LogP contribution in [0.3, 0.4) is 0 Å². The summed E-state index contributed by atoms with van der Waals surface area (Å²) in [5.41, 5.74) is -0.437. The van der Waals surface area contributed by atoms with Crippen molar-refractivity contribution in [3.05, 3.63) is 109 Å². The molecular weight excluding hydrogens is 527 g/mol. The average Bonchev–Trinajstić information content (AvgIpc) is 2.86. The van der Waals surface area contributed by atoms with Gasteiger partial charge < -0.3 is 0 Å². The number of nitrogens with one attached hydrogen (secondary N) is 2. The number of hydrogen-bond donors (Lipinski definition) is 2. The van der Waals surface area contributed by atoms with Crippen molar-refractivity contribution < 1.29 is 29.6 Å². The Morgan fingerprint density at radius 1 is 0.528 bits per heavy atom. The van der Waals surface area contributed by atoms with Gasteiger partial charge in [0.25, 0.3) is 20.0 Å². The highest BCUT2D eigenvalue weighted by Crippen LogP contribution is 2.33. The first-order chi connectivity index (χ1) is 17.0. The van der Waals surface area contributed by atoms with Gasteiger partial charge in [-0.3, -0.25) is 9.44 Å². The monoisotopic (exact) mass is 546 g/mol. The zero-order chi connectivity index (χ0) is 26.0. The van der Waals surface area contributed by atoms with Crippen molar-refractivity contribution in [2.24, 2.45) is 0 Å². The minimum absolute atomic E-state index is 0.0539. The zero-order valence-electron chi connectivity index (χ0n) is 18.4. The lowest BCUT2D eigenvalue weighted by Crippen LogP contribution is -2.17. The van der Waals surface area contributed by atoms with Crippen molar-refractivity contribution in [3.8, 4) is 0 Å². The maximum atomic E-state index is 13.4. The van der Waals surface area contributed by atoms with Crippen LogP contribution < -0.4 is 9.44 Å². The van der Waals surface area contributed by atoms with Crippen LogP contribution in [0.2, 0.25) is 0 Å². The van der Waals surface area contributed by atoms with Gasteiger partial charge in [0.15, 0.2) is 0 Å². The molecule has 0 aliphatic carbocycles. The van der Waals surface area contributed by atoms with Crippen LogP contribution in [0.4, 0.5) is 15.8 Å². The van der Waals surface area contributed by atoms with Gasteiger partial charge in [0.1, 0.15) is 5.82 Å². The number of anilines is 2. The predicted octanol–water partition coefficient (Wildman–Crippen LogP) is 4.26. The van der Waals surface area contributed by atoms with Gasteiger partial charge in [-0.25, -0.2) is 29.6 Å². The van der Waals surface area contributed by atoms with E-state index in [0.29, 0.717) is 0 Å². The first-order valence-corrected chi connectivity index (χ1v) is 14.7. The highest BCUT2D eigenvalue weighted by atomic mass is 32.2. The molecule has 0 aliphatic heterocycles. The molecule has 0 atom stereocenters. The normalized spacial score (nSPS) is 12.1. The molecule has 0 unspecified atom stereocenters. The van der Waals surface area contributed by atoms with E-state index in [2.05, 4.69) is 9.44 Å². The van der Waals surface area contributed by atoms with Gasteiger partial charge >= 0.3 is 0 Å². The second-order valence-electron chi connectivity index (χ2n) is 7.51. The van der Waals surface area contributed by atoms with Gasteiger partial charge in [0.2, 0.25) is 9.84 Å². The fourth-order valence-electron chi connectivity index (χ4n) is 3.25. The van der Waals surface area contributed by atoms with Gasteiger partial charge in [-0.05, 0) is 66.7 Å². The summed E-state index contributed by atoms with van der Waals surface area (Å²) in [4.78, 5) is -1.00. The molecule has 4 aromatic rings. The van der Waals surface area contributed by atoms with E-state index in [4.69, 9.17) is 0 Å². The molecule has 0 bridgehead atoms. The maximum Gasteiger partial charge on any atom is 0.261 e. The fourth-order valence-corrected chi connectivity index (χ4v) is 6.93. The predicted molar refractivity (Wildman–Crippen MR) is 133 cm³/mol. The molecule has 2 N–H and O–H groups in total. The van der Waals surface area contributed by atoms with Crippen LogP contribution in [0.5, 0.6) is 0 Å². The molecule has 0 saturated carbocycles. The van der Waals surface area contributed by atoms with Crippen molar-refractivity contribution in [2.45, 2.75) is 19.6 Å². The highest BCUT2D eigenvalue weighted by Gasteiger charge is 2.26. The Bertz CT molecular complexity index is 1710. The van der Waals surface area contributed by atoms with Crippen molar-refractivity contribution >= 4 is 41.3 Å². The van der Waals surface area contributed by atoms with Crippen LogP contribution in [0.25, 0.3) is 0 Å². The molecule has 0 amide bonds. The second kappa shape index (κ2) is 9.72. The summed E-state index contributed by atoms with van der Waals surface area (Å²) in [5.74, 6) is -0.664. The van der Waals surface area contributed by atoms with Gasteiger partial charge in [-0.1, -0.05) is 36.4 Å². The van der Waals surface area contributed by atoms with Crippen LogP contribution in [0, 0.1) is 5.82 Å². The number of rotatable bonds is 8. The quantitative estimate of drug-likeness (QED) is 0.318. The fraction of sp³-hybridized carbons (Fsp3) is 0. The van der Waals surface area contributed by atoms with Gasteiger partial charge in [0, 0.05) is 0 Å². The van der Waals surface area contributed by atoms with Crippen molar-refractivity contribution in [1.29, 1.82) is 0 Å². The van der Waals surface area contributed by atoms with Gasteiger partial charge in [-0.15, -0.1) is 0 Å². The smallest absolute Gasteiger partial charge is 0.261 e. The molecule has 0 fully saturated rings. The minimum Gasteiger partial charge on any atom is -0.280 e. The van der Waals surface area contributed by atoms with E-state index in [1.165, 1.54) is 54.6 Å². The van der Waals surface area contributed by atoms with Crippen molar-refractivity contribution in [1.82, 2.24) is 0 Å². The molecule has 0 radical (unpaired) electrons. The summed E-state index contributed by atoms with van der Waals surface area (Å²) in [6, 6.07) is 22.0. The molecule has 36 heavy (non-hydrogen) atoms. The molecule has 8 nitrogen and oxygen atoms in total. The zero-order valence-corrected chi connectivity index (χ0v) is 20.8. The number of benzene rings is 4. The van der Waals surface area contributed by atoms with E-state index < -0.39 is 40.6 Å². The summed E-state index contributed by atoms with van der Waals surface area (Å²) in [7, 11) is -12.7. The summed E-state index contributed by atoms with van der Waals surface area (Å²) in [5, 5.41) is 0. The maximum absolute atomic E-state index is 13.4. The van der Waals surface area contributed by atoms with Crippen LogP contribution in [-0.2, 0) is 29.9 Å². The van der Waals surface area contributed by atoms with E-state index in [1.807, 2.05) is 0 Å². The third-order valence-electron chi connectivity index (χ3n) is 5.00. The Balaban J connectivity index is 1.82. The van der Waals surface area contributed by atoms with E-state index in [0.717, 1.165) is 36.4 Å². The Hall–Kier alpha value is -3.74. The molecule has 0 heterocycles. The molecule has 12 heteroatoms. The third-order valence-corrected chi connectivity index (χ3v) is 9.59. The SMILES string of the molecule is O=S(=O)(Nc1ccc(NS(=O)(=O)c2ccccc2)c(S(=O)(=O)c2ccc(F)cc2)c1)c1ccccc1. The number of sulfone groups is 1. The highest BCUT2D eigenvalue weighted by molar-refractivity contribution is 7.93. The van der Waals surface area contributed by atoms with E-state index in [9.17, 15) is 29.6 Å². The van der Waals surface area contributed by atoms with Crippen LogP contribution >= 0.6 is 0 Å². The van der Waals surface area contributed by atoms with Crippen LogP contribution in [0.15, 0.2) is 123 Å². The van der Waals surface area contributed by atoms with E-state index >= 15 is 0 Å². The molecule has 4 aromatic carbocycles. The molecule has 186 valence electrons. The molecule has 0 aliphatic rings. The molecular formula is C24H19FN2O6S3. The first-order valence-electron chi connectivity index (χ1n) is 10.3. The third kappa shape index (κ3) is 5.40. The standard InChI is InChI=1S/C24H19FN2O6S3/c25-18-11-14-20(15-12-18)34(28,29)24-17-19(26-35(30,31)21-7-3-1-4-8-21)13-16-23(24)27-36(32,33)22-9-5-2-6-10-22/h1-17,26-27H. The summed E-state index contributed by atoms with van der Waals surface area (Å²) < 4.78 is 96.1. The molecule has 0 spiro atoms. The topological polar surface area (TPSA) is 126 Å². The van der Waals surface area contributed by atoms with Crippen molar-refractivity contribution in [3.63, 3.8) is 0 Å². The molecule has 0 aromatic heterocycles. The number of sulfonamides is 2. The van der Waals surface area contributed by atoms with E-state index in [-0.39, 0.29) is 26.1 Å². The van der Waals surface area contributed by atoms with Crippen LogP contribution in [0.1, 0.15) is 0 Å². The van der Waals surface area contributed by atoms with Gasteiger partial charge in [0.05, 0.1) is 31.0 Å². The average molecular weight is 547 g/mol. The van der Waals surface area contributed by atoms with Gasteiger partial charge in [-0.2, -0.15) is 0 Å². The Labute approximate surface area is 208 Å². The minimum atomic E-state index is -4.41. The molecule has 0 saturated heterocycles. The number of halogens is 1. The Morgan fingerprint density at radius 2 is 1.03 bits per heavy atom. The van der Waals surface area contributed by atoms with Crippen molar-refractivity contribution in [2.75, 3.05) is 9.44 Å². The van der Waals surface area contributed by atoms with E-state index in [1.54, 1.807) is 12.1 Å². The summed E-state index contributed by atoms with van der Waals surface area (Å²) >= 11 is 0. The number of hydrogen-bond acceptors (Lipinski definition) is 6. The lowest BCUT2D eigenvalue weighted by atomic mass is 10.3. The lowest BCUT2D eigenvalue weighted by molar-refractivity contribution is 0.594. The Kier molecular flexibility index (Phi) is 6.85. The summed E-state index contributed by atoms with van der Waals surface area (Å²) in [6.07, 6.45) is 0. The first kappa shape index (κ1) is 25.4. The largest absolute Gasteiger partial charge is 0.280 e. The molecule has 4 rings (SSSR count). The lowest BCUT2D eigenvalue weighted by Gasteiger charge is -2.16. The van der Waals surface area contributed by atoms with Crippen LogP contribution in [-0.4, -0.2) is 25.3 Å². The summed E-state index contributed by atoms with van der Waals surface area (Å²) in [6.45, 7) is 0. The second-order valence-corrected chi connectivity index (χ2v) is 12.8. The Morgan fingerprint density at radius 3 is 1.56 bits per heavy atom.